The van der Waals surface area contributed by atoms with Gasteiger partial charge >= 0.3 is 0 Å². The van der Waals surface area contributed by atoms with Gasteiger partial charge in [0.15, 0.2) is 11.8 Å². The van der Waals surface area contributed by atoms with Gasteiger partial charge in [-0.05, 0) is 39.9 Å². The normalized spacial score (nSPS) is 16.6. The van der Waals surface area contributed by atoms with Crippen LogP contribution in [0.2, 0.25) is 0 Å². The second-order valence-electron chi connectivity index (χ2n) is 7.51. The van der Waals surface area contributed by atoms with Crippen LogP contribution in [0.4, 0.5) is 0 Å². The fourth-order valence-electron chi connectivity index (χ4n) is 3.35. The van der Waals surface area contributed by atoms with Gasteiger partial charge in [0, 0.05) is 33.2 Å². The Hall–Kier alpha value is -0.940. The standard InChI is InChI=1S/C19H37N7O.HI/c1-20-19(21-12-8-6-5-7-9-13-25(2)3)22-16-10-11-18-23-17(15-27-4)24-26(18)14-16;/h16H,5-15H2,1-4H3,(H2,20,21,22);1H. The summed E-state index contributed by atoms with van der Waals surface area (Å²) < 4.78 is 7.12. The van der Waals surface area contributed by atoms with Crippen molar-refractivity contribution in [1.82, 2.24) is 30.3 Å². The van der Waals surface area contributed by atoms with E-state index in [1.165, 1.54) is 38.6 Å². The number of ether oxygens (including phenoxy) is 1. The zero-order valence-corrected chi connectivity index (χ0v) is 20.2. The van der Waals surface area contributed by atoms with Crippen molar-refractivity contribution in [3.05, 3.63) is 11.6 Å². The molecule has 0 bridgehead atoms. The summed E-state index contributed by atoms with van der Waals surface area (Å²) in [6.07, 6.45) is 8.34. The molecule has 0 fully saturated rings. The molecule has 8 nitrogen and oxygen atoms in total. The highest BCUT2D eigenvalue weighted by atomic mass is 127. The zero-order valence-electron chi connectivity index (χ0n) is 17.9. The number of hydrogen-bond acceptors (Lipinski definition) is 5. The SMILES string of the molecule is CN=C(NCCCCCCCN(C)C)NC1CCc2nc(COC)nn2C1.I. The summed E-state index contributed by atoms with van der Waals surface area (Å²) in [5, 5.41) is 11.5. The Morgan fingerprint density at radius 1 is 1.25 bits per heavy atom. The van der Waals surface area contributed by atoms with Crippen molar-refractivity contribution < 1.29 is 4.74 Å². The molecule has 1 aromatic heterocycles. The summed E-state index contributed by atoms with van der Waals surface area (Å²) in [6.45, 7) is 3.44. The van der Waals surface area contributed by atoms with Crippen LogP contribution in [-0.4, -0.2) is 73.0 Å². The first-order valence-electron chi connectivity index (χ1n) is 10.2. The van der Waals surface area contributed by atoms with Crippen LogP contribution in [-0.2, 0) is 24.3 Å². The Kier molecular flexibility index (Phi) is 12.6. The summed E-state index contributed by atoms with van der Waals surface area (Å²) >= 11 is 0. The highest BCUT2D eigenvalue weighted by Crippen LogP contribution is 2.13. The topological polar surface area (TPSA) is 79.6 Å². The Labute approximate surface area is 186 Å². The first-order valence-corrected chi connectivity index (χ1v) is 10.2. The molecule has 0 saturated heterocycles. The number of nitrogens with one attached hydrogen (secondary N) is 2. The van der Waals surface area contributed by atoms with Gasteiger partial charge in [0.1, 0.15) is 12.4 Å². The van der Waals surface area contributed by atoms with E-state index in [1.54, 1.807) is 7.11 Å². The number of nitrogens with zero attached hydrogens (tertiary/aromatic N) is 5. The highest BCUT2D eigenvalue weighted by Gasteiger charge is 2.22. The van der Waals surface area contributed by atoms with E-state index in [0.717, 1.165) is 43.5 Å². The minimum atomic E-state index is 0. The number of aliphatic imine (C=N–C) groups is 1. The average molecular weight is 507 g/mol. The second kappa shape index (κ2) is 14.1. The molecular formula is C19H38IN7O. The van der Waals surface area contributed by atoms with Crippen LogP contribution in [0.3, 0.4) is 0 Å². The quantitative estimate of drug-likeness (QED) is 0.207. The number of methoxy groups -OCH3 is 1. The lowest BCUT2D eigenvalue weighted by Crippen LogP contribution is -2.47. The molecule has 0 spiro atoms. The molecule has 2 N–H and O–H groups in total. The van der Waals surface area contributed by atoms with E-state index in [-0.39, 0.29) is 24.0 Å². The maximum absolute atomic E-state index is 5.13. The Morgan fingerprint density at radius 3 is 2.71 bits per heavy atom. The minimum Gasteiger partial charge on any atom is -0.377 e. The molecule has 0 amide bonds. The van der Waals surface area contributed by atoms with E-state index >= 15 is 0 Å². The number of rotatable bonds is 11. The maximum atomic E-state index is 5.13. The predicted octanol–water partition coefficient (Wildman–Crippen LogP) is 2.03. The van der Waals surface area contributed by atoms with Crippen molar-refractivity contribution in [3.63, 3.8) is 0 Å². The molecule has 28 heavy (non-hydrogen) atoms. The molecule has 1 unspecified atom stereocenters. The lowest BCUT2D eigenvalue weighted by Gasteiger charge is -2.25. The van der Waals surface area contributed by atoms with E-state index in [9.17, 15) is 0 Å². The van der Waals surface area contributed by atoms with E-state index in [2.05, 4.69) is 44.7 Å². The first-order chi connectivity index (χ1) is 13.1. The maximum Gasteiger partial charge on any atom is 0.191 e. The summed E-state index contributed by atoms with van der Waals surface area (Å²) in [6, 6.07) is 0.326. The van der Waals surface area contributed by atoms with Crippen molar-refractivity contribution in [1.29, 1.82) is 0 Å². The van der Waals surface area contributed by atoms with Crippen molar-refractivity contribution in [2.24, 2.45) is 4.99 Å². The molecule has 0 saturated carbocycles. The number of hydrogen-bond donors (Lipinski definition) is 2. The molecule has 1 aromatic rings. The molecule has 2 heterocycles. The molecule has 0 radical (unpaired) electrons. The Morgan fingerprint density at radius 2 is 2.00 bits per heavy atom. The molecule has 1 aliphatic heterocycles. The monoisotopic (exact) mass is 507 g/mol. The molecule has 0 aromatic carbocycles. The highest BCUT2D eigenvalue weighted by molar-refractivity contribution is 14.0. The largest absolute Gasteiger partial charge is 0.377 e. The molecule has 1 aliphatic rings. The van der Waals surface area contributed by atoms with E-state index in [4.69, 9.17) is 4.74 Å². The first kappa shape index (κ1) is 25.1. The zero-order chi connectivity index (χ0) is 19.5. The van der Waals surface area contributed by atoms with Crippen LogP contribution < -0.4 is 10.6 Å². The molecule has 1 atom stereocenters. The Bertz CT molecular complexity index is 577. The van der Waals surface area contributed by atoms with Crippen molar-refractivity contribution in [2.75, 3.05) is 41.3 Å². The lowest BCUT2D eigenvalue weighted by atomic mass is 10.1. The number of aryl methyl sites for hydroxylation is 1. The van der Waals surface area contributed by atoms with Gasteiger partial charge in [-0.3, -0.25) is 4.99 Å². The Balaban J connectivity index is 0.00000392. The van der Waals surface area contributed by atoms with Gasteiger partial charge in [-0.2, -0.15) is 5.10 Å². The number of fused-ring (bicyclic) bond motifs is 1. The summed E-state index contributed by atoms with van der Waals surface area (Å²) in [5.41, 5.74) is 0. The third-order valence-corrected chi connectivity index (χ3v) is 4.81. The van der Waals surface area contributed by atoms with Crippen LogP contribution in [0, 0.1) is 0 Å². The number of guanidine groups is 1. The van der Waals surface area contributed by atoms with Gasteiger partial charge in [0.25, 0.3) is 0 Å². The van der Waals surface area contributed by atoms with Gasteiger partial charge in [0.05, 0.1) is 6.54 Å². The fourth-order valence-corrected chi connectivity index (χ4v) is 3.35. The van der Waals surface area contributed by atoms with Crippen molar-refractivity contribution in [2.45, 2.75) is 64.1 Å². The van der Waals surface area contributed by atoms with Crippen LogP contribution >= 0.6 is 24.0 Å². The number of aromatic nitrogens is 3. The minimum absolute atomic E-state index is 0. The fraction of sp³-hybridized carbons (Fsp3) is 0.842. The third-order valence-electron chi connectivity index (χ3n) is 4.81. The van der Waals surface area contributed by atoms with E-state index in [0.29, 0.717) is 12.6 Å². The van der Waals surface area contributed by atoms with Crippen LogP contribution in [0.15, 0.2) is 4.99 Å². The van der Waals surface area contributed by atoms with Crippen LogP contribution in [0.25, 0.3) is 0 Å². The second-order valence-corrected chi connectivity index (χ2v) is 7.51. The van der Waals surface area contributed by atoms with Crippen molar-refractivity contribution >= 4 is 29.9 Å². The van der Waals surface area contributed by atoms with E-state index in [1.807, 2.05) is 11.7 Å². The number of unbranched alkanes of at least 4 members (excludes halogenated alkanes) is 4. The molecule has 9 heteroatoms. The van der Waals surface area contributed by atoms with Gasteiger partial charge in [-0.25, -0.2) is 9.67 Å². The van der Waals surface area contributed by atoms with Crippen LogP contribution in [0.1, 0.15) is 50.2 Å². The van der Waals surface area contributed by atoms with E-state index < -0.39 is 0 Å². The van der Waals surface area contributed by atoms with Crippen LogP contribution in [0.5, 0.6) is 0 Å². The molecular weight excluding hydrogens is 469 g/mol. The van der Waals surface area contributed by atoms with Gasteiger partial charge in [-0.15, -0.1) is 24.0 Å². The third kappa shape index (κ3) is 9.04. The summed E-state index contributed by atoms with van der Waals surface area (Å²) in [5.74, 6) is 2.70. The van der Waals surface area contributed by atoms with Gasteiger partial charge in [-0.1, -0.05) is 19.3 Å². The van der Waals surface area contributed by atoms with Gasteiger partial charge in [0.2, 0.25) is 0 Å². The molecule has 162 valence electrons. The lowest BCUT2D eigenvalue weighted by molar-refractivity contribution is 0.177. The molecule has 2 rings (SSSR count). The smallest absolute Gasteiger partial charge is 0.191 e. The van der Waals surface area contributed by atoms with Crippen molar-refractivity contribution in [3.8, 4) is 0 Å². The average Bonchev–Trinajstić information content (AvgIpc) is 3.04. The van der Waals surface area contributed by atoms with Gasteiger partial charge < -0.3 is 20.3 Å². The summed E-state index contributed by atoms with van der Waals surface area (Å²) in [4.78, 5) is 11.1. The number of halogens is 1. The molecule has 0 aliphatic carbocycles. The predicted molar refractivity (Wildman–Crippen MR) is 124 cm³/mol. The summed E-state index contributed by atoms with van der Waals surface area (Å²) in [7, 11) is 7.77.